The Morgan fingerprint density at radius 3 is 2.28 bits per heavy atom. The lowest BCUT2D eigenvalue weighted by Gasteiger charge is -2.35. The Kier molecular flexibility index (Phi) is 10.9. The van der Waals surface area contributed by atoms with Gasteiger partial charge in [-0.2, -0.15) is 22.7 Å². The molecule has 2 aromatic heterocycles. The summed E-state index contributed by atoms with van der Waals surface area (Å²) in [6.45, 7) is 1.25. The maximum atomic E-state index is 14.9. The van der Waals surface area contributed by atoms with Gasteiger partial charge in [-0.3, -0.25) is 19.7 Å². The van der Waals surface area contributed by atoms with E-state index in [0.29, 0.717) is 25.9 Å². The van der Waals surface area contributed by atoms with E-state index in [1.54, 1.807) is 24.3 Å². The van der Waals surface area contributed by atoms with E-state index in [9.17, 15) is 35.9 Å². The van der Waals surface area contributed by atoms with Crippen molar-refractivity contribution in [3.8, 4) is 22.5 Å². The highest BCUT2D eigenvalue weighted by molar-refractivity contribution is 6.33. The van der Waals surface area contributed by atoms with E-state index in [1.807, 2.05) is 20.8 Å². The molecular formula is C34H36ClF6N9O3. The third-order valence-electron chi connectivity index (χ3n) is 8.52. The number of nitrogens with one attached hydrogen (secondary N) is 3. The first-order valence-corrected chi connectivity index (χ1v) is 16.5. The molecule has 19 heteroatoms. The molecule has 12 nitrogen and oxygen atoms in total. The number of amides is 2. The number of halogens is 7. The molecule has 0 spiro atoms. The number of aromatic nitrogens is 5. The van der Waals surface area contributed by atoms with Crippen LogP contribution in [-0.2, 0) is 15.1 Å². The number of hydrogen-bond acceptors (Lipinski definition) is 7. The van der Waals surface area contributed by atoms with E-state index in [0.717, 1.165) is 25.1 Å². The van der Waals surface area contributed by atoms with Gasteiger partial charge in [0, 0.05) is 17.3 Å². The summed E-state index contributed by atoms with van der Waals surface area (Å²) in [5, 5.41) is 25.2. The van der Waals surface area contributed by atoms with E-state index < -0.39 is 66.6 Å². The molecule has 0 unspecified atom stereocenters. The van der Waals surface area contributed by atoms with Crippen LogP contribution in [0.15, 0.2) is 61.2 Å². The molecule has 2 amide bonds. The second-order valence-corrected chi connectivity index (χ2v) is 14.6. The minimum Gasteiger partial charge on any atom is -0.447 e. The summed E-state index contributed by atoms with van der Waals surface area (Å²) in [5.74, 6) is -1.40. The average Bonchev–Trinajstić information content (AvgIpc) is 3.81. The first-order chi connectivity index (χ1) is 24.7. The maximum absolute atomic E-state index is 14.9. The van der Waals surface area contributed by atoms with Gasteiger partial charge in [-0.25, -0.2) is 18.3 Å². The molecule has 4 aromatic rings. The minimum atomic E-state index is -3.04. The number of rotatable bonds is 12. The molecule has 2 aromatic carbocycles. The molecule has 2 atom stereocenters. The van der Waals surface area contributed by atoms with Gasteiger partial charge < -0.3 is 15.4 Å². The summed E-state index contributed by atoms with van der Waals surface area (Å²) in [6.07, 6.45) is -0.826. The van der Waals surface area contributed by atoms with Crippen LogP contribution in [0.4, 0.5) is 31.1 Å². The number of alkyl carbamates (subject to hydrolysis) is 1. The first kappa shape index (κ1) is 39.1. The summed E-state index contributed by atoms with van der Waals surface area (Å²) in [6, 6.07) is 9.25. The Morgan fingerprint density at radius 1 is 1.02 bits per heavy atom. The molecule has 284 valence electrons. The van der Waals surface area contributed by atoms with E-state index in [4.69, 9.17) is 21.7 Å². The molecule has 5 rings (SSSR count). The van der Waals surface area contributed by atoms with Crippen molar-refractivity contribution in [3.05, 3.63) is 77.3 Å². The summed E-state index contributed by atoms with van der Waals surface area (Å²) < 4.78 is 87.4. The van der Waals surface area contributed by atoms with Gasteiger partial charge in [0.2, 0.25) is 0 Å². The summed E-state index contributed by atoms with van der Waals surface area (Å²) in [5.41, 5.74) is -2.65. The number of alkyl halides is 6. The topological polar surface area (TPSA) is 143 Å². The molecule has 1 aliphatic heterocycles. The fourth-order valence-electron chi connectivity index (χ4n) is 6.00. The van der Waals surface area contributed by atoms with Gasteiger partial charge in [-0.05, 0) is 54.5 Å². The van der Waals surface area contributed by atoms with E-state index in [1.165, 1.54) is 30.6 Å². The predicted octanol–water partition coefficient (Wildman–Crippen LogP) is 7.76. The number of carbonyl (C=O) groups is 2. The van der Waals surface area contributed by atoms with Gasteiger partial charge in [-0.15, -0.1) is 10.2 Å². The molecule has 53 heavy (non-hydrogen) atoms. The number of hydrogen-bond donors (Lipinski definition) is 3. The molecule has 1 fully saturated rings. The van der Waals surface area contributed by atoms with Crippen molar-refractivity contribution in [2.24, 2.45) is 5.41 Å². The number of ether oxygens (including phenoxy) is 1. The SMILES string of the molecule is CC(C)(C)C[C@]1(c2ccc(-c3cnn(C(F)F)c3)cc2)NC(=N)N([C@H](COC(=O)NC(C)(C)C(F)F)c2ccc(Cl)c(-c3nncn3C(F)F)c2)C1=O. The third-order valence-corrected chi connectivity index (χ3v) is 8.85. The van der Waals surface area contributed by atoms with Gasteiger partial charge in [0.1, 0.15) is 18.5 Å². The van der Waals surface area contributed by atoms with Crippen LogP contribution in [0.25, 0.3) is 22.5 Å². The smallest absolute Gasteiger partial charge is 0.407 e. The van der Waals surface area contributed by atoms with Gasteiger partial charge in [0.15, 0.2) is 11.8 Å². The normalized spacial score (nSPS) is 17.2. The van der Waals surface area contributed by atoms with Gasteiger partial charge in [0.05, 0.1) is 22.8 Å². The van der Waals surface area contributed by atoms with Gasteiger partial charge in [-0.1, -0.05) is 62.7 Å². The van der Waals surface area contributed by atoms with Crippen LogP contribution < -0.4 is 10.6 Å². The number of carbonyl (C=O) groups excluding carboxylic acids is 2. The van der Waals surface area contributed by atoms with Crippen molar-refractivity contribution in [2.45, 2.75) is 77.7 Å². The fraction of sp³-hybridized carbons (Fsp3) is 0.412. The molecule has 0 radical (unpaired) electrons. The standard InChI is InChI=1S/C34H36ClF6N9O3/c1-32(2,3)16-34(21-9-6-18(7-10-21)20-13-44-49(14-20)29(40)41)27(51)50(30(42)45-34)24(15-53-31(52)46-33(4,5)26(36)37)19-8-11-23(35)22(12-19)25-47-43-17-48(25)28(38)39/h6-14,17,24,26,28-29H,15-16H2,1-5H3,(H2,42,45)(H,46,52)/t24-,34-/m1/s1. The van der Waals surface area contributed by atoms with Gasteiger partial charge in [0.25, 0.3) is 12.3 Å². The second kappa shape index (κ2) is 14.7. The zero-order valence-electron chi connectivity index (χ0n) is 29.1. The van der Waals surface area contributed by atoms with Crippen LogP contribution in [0.2, 0.25) is 5.02 Å². The lowest BCUT2D eigenvalue weighted by Crippen LogP contribution is -2.50. The Bertz CT molecular complexity index is 1980. The highest BCUT2D eigenvalue weighted by Crippen LogP contribution is 2.43. The zero-order valence-corrected chi connectivity index (χ0v) is 29.8. The molecule has 0 saturated carbocycles. The Hall–Kier alpha value is -5.13. The Morgan fingerprint density at radius 2 is 1.70 bits per heavy atom. The number of benzene rings is 2. The van der Waals surface area contributed by atoms with Crippen molar-refractivity contribution >= 4 is 29.6 Å². The average molecular weight is 768 g/mol. The van der Waals surface area contributed by atoms with Crippen LogP contribution in [0.5, 0.6) is 0 Å². The Labute approximate surface area is 305 Å². The quantitative estimate of drug-likeness (QED) is 0.125. The van der Waals surface area contributed by atoms with Crippen LogP contribution in [0.3, 0.4) is 0 Å². The molecule has 1 saturated heterocycles. The van der Waals surface area contributed by atoms with Crippen LogP contribution in [0, 0.1) is 10.8 Å². The summed E-state index contributed by atoms with van der Waals surface area (Å²) >= 11 is 6.42. The molecular weight excluding hydrogens is 732 g/mol. The van der Waals surface area contributed by atoms with Crippen LogP contribution >= 0.6 is 11.6 Å². The lowest BCUT2D eigenvalue weighted by molar-refractivity contribution is -0.134. The molecule has 1 aliphatic rings. The highest BCUT2D eigenvalue weighted by atomic mass is 35.5. The molecule has 3 heterocycles. The second-order valence-electron chi connectivity index (χ2n) is 14.2. The number of guanidine groups is 1. The summed E-state index contributed by atoms with van der Waals surface area (Å²) in [4.78, 5) is 28.7. The Balaban J connectivity index is 1.58. The summed E-state index contributed by atoms with van der Waals surface area (Å²) in [7, 11) is 0. The van der Waals surface area contributed by atoms with Crippen molar-refractivity contribution in [1.82, 2.24) is 40.1 Å². The third kappa shape index (κ3) is 8.11. The van der Waals surface area contributed by atoms with Crippen molar-refractivity contribution in [1.29, 1.82) is 5.41 Å². The van der Waals surface area contributed by atoms with Crippen molar-refractivity contribution in [3.63, 3.8) is 0 Å². The lowest BCUT2D eigenvalue weighted by atomic mass is 9.75. The van der Waals surface area contributed by atoms with E-state index >= 15 is 0 Å². The maximum Gasteiger partial charge on any atom is 0.407 e. The van der Waals surface area contributed by atoms with Crippen molar-refractivity contribution < 1.29 is 40.7 Å². The first-order valence-electron chi connectivity index (χ1n) is 16.1. The van der Waals surface area contributed by atoms with Gasteiger partial charge >= 0.3 is 19.2 Å². The monoisotopic (exact) mass is 767 g/mol. The molecule has 0 bridgehead atoms. The van der Waals surface area contributed by atoms with E-state index in [2.05, 4.69) is 25.9 Å². The van der Waals surface area contributed by atoms with Crippen LogP contribution in [-0.4, -0.2) is 66.0 Å². The van der Waals surface area contributed by atoms with Crippen LogP contribution in [0.1, 0.15) is 71.3 Å². The minimum absolute atomic E-state index is 0.0121. The molecule has 0 aliphatic carbocycles. The zero-order chi connectivity index (χ0) is 39.0. The molecule has 3 N–H and O–H groups in total. The highest BCUT2D eigenvalue weighted by Gasteiger charge is 2.54. The van der Waals surface area contributed by atoms with E-state index in [-0.39, 0.29) is 28.4 Å². The fourth-order valence-corrected chi connectivity index (χ4v) is 6.20. The predicted molar refractivity (Wildman–Crippen MR) is 181 cm³/mol. The largest absolute Gasteiger partial charge is 0.447 e. The van der Waals surface area contributed by atoms with Crippen molar-refractivity contribution in [2.75, 3.05) is 6.61 Å². The number of nitrogens with zero attached hydrogens (tertiary/aromatic N) is 6.